The lowest BCUT2D eigenvalue weighted by Crippen LogP contribution is -2.34. The monoisotopic (exact) mass is 232 g/mol. The van der Waals surface area contributed by atoms with E-state index in [1.807, 2.05) is 0 Å². The fourth-order valence-corrected chi connectivity index (χ4v) is 0.717. The second-order valence-corrected chi connectivity index (χ2v) is 3.60. The van der Waals surface area contributed by atoms with Crippen molar-refractivity contribution in [2.75, 3.05) is 6.54 Å². The molecule has 0 fully saturated rings. The summed E-state index contributed by atoms with van der Waals surface area (Å²) in [7, 11) is 0. The van der Waals surface area contributed by atoms with Crippen molar-refractivity contribution in [3.05, 3.63) is 6.92 Å². The summed E-state index contributed by atoms with van der Waals surface area (Å²) >= 11 is 0. The van der Waals surface area contributed by atoms with Crippen molar-refractivity contribution >= 4 is 12.1 Å². The standard InChI is InChI=1S/C10H18NO5/c1-6(2)9(13)15-8(4)16-10(14)11-5-7(3)12/h6-8,12H,3,5H2,1-2,4H3,(H,11,14)/t7-,8?/m0/s1. The molecule has 0 aliphatic carbocycles. The molecule has 6 nitrogen and oxygen atoms in total. The number of aliphatic hydroxyl groups is 1. The maximum Gasteiger partial charge on any atom is 0.410 e. The molecule has 0 rings (SSSR count). The zero-order chi connectivity index (χ0) is 12.7. The normalized spacial score (nSPS) is 14.1. The molecule has 93 valence electrons. The van der Waals surface area contributed by atoms with E-state index in [0.29, 0.717) is 0 Å². The maximum atomic E-state index is 11.1. The first kappa shape index (κ1) is 14.7. The molecule has 0 bridgehead atoms. The first-order valence-electron chi connectivity index (χ1n) is 4.99. The summed E-state index contributed by atoms with van der Waals surface area (Å²) < 4.78 is 9.48. The predicted molar refractivity (Wildman–Crippen MR) is 56.2 cm³/mol. The summed E-state index contributed by atoms with van der Waals surface area (Å²) in [4.78, 5) is 22.2. The van der Waals surface area contributed by atoms with E-state index in [1.54, 1.807) is 13.8 Å². The number of alkyl carbamates (subject to hydrolysis) is 1. The molecule has 0 saturated heterocycles. The summed E-state index contributed by atoms with van der Waals surface area (Å²) in [6.45, 7) is 8.02. The van der Waals surface area contributed by atoms with Crippen molar-refractivity contribution in [2.24, 2.45) is 5.92 Å². The van der Waals surface area contributed by atoms with Crippen LogP contribution in [-0.4, -0.2) is 36.1 Å². The molecule has 0 aliphatic rings. The second kappa shape index (κ2) is 7.05. The molecule has 2 N–H and O–H groups in total. The second-order valence-electron chi connectivity index (χ2n) is 3.60. The summed E-state index contributed by atoms with van der Waals surface area (Å²) in [6, 6.07) is 0. The van der Waals surface area contributed by atoms with E-state index in [0.717, 1.165) is 0 Å². The molecule has 6 heteroatoms. The van der Waals surface area contributed by atoms with E-state index < -0.39 is 24.5 Å². The Labute approximate surface area is 94.9 Å². The van der Waals surface area contributed by atoms with Crippen LogP contribution in [0.2, 0.25) is 0 Å². The lowest BCUT2D eigenvalue weighted by atomic mass is 10.2. The van der Waals surface area contributed by atoms with Gasteiger partial charge in [-0.3, -0.25) is 4.79 Å². The molecule has 0 aromatic carbocycles. The highest BCUT2D eigenvalue weighted by Crippen LogP contribution is 2.01. The van der Waals surface area contributed by atoms with Gasteiger partial charge in [-0.2, -0.15) is 0 Å². The van der Waals surface area contributed by atoms with Crippen LogP contribution >= 0.6 is 0 Å². The average molecular weight is 232 g/mol. The number of hydrogen-bond acceptors (Lipinski definition) is 5. The largest absolute Gasteiger partial charge is 0.425 e. The van der Waals surface area contributed by atoms with Gasteiger partial charge in [0.1, 0.15) is 0 Å². The summed E-state index contributed by atoms with van der Waals surface area (Å²) in [5, 5.41) is 11.0. The molecular formula is C10H18NO5. The number of ether oxygens (including phenoxy) is 2. The Balaban J connectivity index is 3.82. The minimum absolute atomic E-state index is 0.0241. The Bertz CT molecular complexity index is 239. The summed E-state index contributed by atoms with van der Waals surface area (Å²) in [6.07, 6.45) is -2.63. The predicted octanol–water partition coefficient (Wildman–Crippen LogP) is 0.453. The zero-order valence-corrected chi connectivity index (χ0v) is 9.73. The van der Waals surface area contributed by atoms with E-state index >= 15 is 0 Å². The SMILES string of the molecule is [CH2][C@H](O)CNC(=O)OC(C)OC(=O)C(C)C. The molecule has 16 heavy (non-hydrogen) atoms. The molecule has 1 unspecified atom stereocenters. The van der Waals surface area contributed by atoms with Crippen LogP contribution in [0.4, 0.5) is 4.79 Å². The van der Waals surface area contributed by atoms with Crippen molar-refractivity contribution < 1.29 is 24.2 Å². The first-order valence-corrected chi connectivity index (χ1v) is 4.99. The van der Waals surface area contributed by atoms with E-state index in [4.69, 9.17) is 9.84 Å². The lowest BCUT2D eigenvalue weighted by molar-refractivity contribution is -0.168. The van der Waals surface area contributed by atoms with E-state index in [2.05, 4.69) is 17.0 Å². The summed E-state index contributed by atoms with van der Waals surface area (Å²) in [5.74, 6) is -0.728. The highest BCUT2D eigenvalue weighted by atomic mass is 16.7. The number of aliphatic hydroxyl groups excluding tert-OH is 1. The fourth-order valence-electron chi connectivity index (χ4n) is 0.717. The van der Waals surface area contributed by atoms with Crippen molar-refractivity contribution in [3.8, 4) is 0 Å². The lowest BCUT2D eigenvalue weighted by Gasteiger charge is -2.16. The smallest absolute Gasteiger partial charge is 0.410 e. The third kappa shape index (κ3) is 7.05. The Morgan fingerprint density at radius 3 is 2.31 bits per heavy atom. The molecule has 1 amide bonds. The van der Waals surface area contributed by atoms with Crippen LogP contribution in [0.3, 0.4) is 0 Å². The molecule has 1 radical (unpaired) electrons. The maximum absolute atomic E-state index is 11.1. The number of esters is 1. The minimum Gasteiger partial charge on any atom is -0.425 e. The van der Waals surface area contributed by atoms with E-state index in [9.17, 15) is 9.59 Å². The van der Waals surface area contributed by atoms with Gasteiger partial charge in [0, 0.05) is 13.5 Å². The fraction of sp³-hybridized carbons (Fsp3) is 0.700. The molecule has 0 aliphatic heterocycles. The molecule has 0 spiro atoms. The number of carbonyl (C=O) groups excluding carboxylic acids is 2. The third-order valence-electron chi connectivity index (χ3n) is 1.51. The molecule has 0 heterocycles. The van der Waals surface area contributed by atoms with E-state index in [1.165, 1.54) is 6.92 Å². The third-order valence-corrected chi connectivity index (χ3v) is 1.51. The molecule has 0 aromatic heterocycles. The Morgan fingerprint density at radius 2 is 1.88 bits per heavy atom. The number of carbonyl (C=O) groups is 2. The van der Waals surface area contributed by atoms with Gasteiger partial charge in [-0.15, -0.1) is 0 Å². The molecular weight excluding hydrogens is 214 g/mol. The van der Waals surface area contributed by atoms with Gasteiger partial charge in [0.15, 0.2) is 0 Å². The van der Waals surface area contributed by atoms with Gasteiger partial charge in [-0.05, 0) is 6.92 Å². The van der Waals surface area contributed by atoms with Crippen LogP contribution in [0.15, 0.2) is 0 Å². The molecule has 0 saturated carbocycles. The minimum atomic E-state index is -0.961. The quantitative estimate of drug-likeness (QED) is 0.531. The van der Waals surface area contributed by atoms with Crippen molar-refractivity contribution in [2.45, 2.75) is 33.2 Å². The van der Waals surface area contributed by atoms with Crippen molar-refractivity contribution in [3.63, 3.8) is 0 Å². The number of amides is 1. The molecule has 2 atom stereocenters. The highest BCUT2D eigenvalue weighted by molar-refractivity contribution is 5.72. The zero-order valence-electron chi connectivity index (χ0n) is 9.73. The topological polar surface area (TPSA) is 84.9 Å². The Morgan fingerprint density at radius 1 is 1.31 bits per heavy atom. The average Bonchev–Trinajstić information content (AvgIpc) is 2.14. The van der Waals surface area contributed by atoms with Crippen LogP contribution in [0.5, 0.6) is 0 Å². The van der Waals surface area contributed by atoms with Gasteiger partial charge in [-0.25, -0.2) is 4.79 Å². The van der Waals surface area contributed by atoms with Gasteiger partial charge < -0.3 is 19.9 Å². The van der Waals surface area contributed by atoms with Gasteiger partial charge in [0.25, 0.3) is 0 Å². The Kier molecular flexibility index (Phi) is 6.48. The number of nitrogens with one attached hydrogen (secondary N) is 1. The van der Waals surface area contributed by atoms with Crippen LogP contribution < -0.4 is 5.32 Å². The van der Waals surface area contributed by atoms with Crippen LogP contribution in [0.1, 0.15) is 20.8 Å². The van der Waals surface area contributed by atoms with Crippen molar-refractivity contribution in [1.29, 1.82) is 0 Å². The van der Waals surface area contributed by atoms with Gasteiger partial charge >= 0.3 is 12.1 Å². The first-order chi connectivity index (χ1) is 7.32. The van der Waals surface area contributed by atoms with Crippen LogP contribution in [-0.2, 0) is 14.3 Å². The van der Waals surface area contributed by atoms with Crippen LogP contribution in [0, 0.1) is 12.8 Å². The van der Waals surface area contributed by atoms with Gasteiger partial charge in [-0.1, -0.05) is 13.8 Å². The molecule has 0 aromatic rings. The highest BCUT2D eigenvalue weighted by Gasteiger charge is 2.16. The number of rotatable bonds is 5. The Hall–Kier alpha value is -1.30. The number of hydrogen-bond donors (Lipinski definition) is 2. The van der Waals surface area contributed by atoms with Gasteiger partial charge in [0.05, 0.1) is 12.0 Å². The summed E-state index contributed by atoms with van der Waals surface area (Å²) in [5.41, 5.74) is 0. The van der Waals surface area contributed by atoms with Crippen molar-refractivity contribution in [1.82, 2.24) is 5.32 Å². The van der Waals surface area contributed by atoms with Crippen LogP contribution in [0.25, 0.3) is 0 Å². The van der Waals surface area contributed by atoms with Gasteiger partial charge in [0.2, 0.25) is 6.29 Å². The van der Waals surface area contributed by atoms with E-state index in [-0.39, 0.29) is 12.5 Å².